The van der Waals surface area contributed by atoms with Gasteiger partial charge in [0, 0.05) is 17.6 Å². The van der Waals surface area contributed by atoms with Gasteiger partial charge in [0.2, 0.25) is 0 Å². The van der Waals surface area contributed by atoms with Crippen LogP contribution in [0.1, 0.15) is 18.8 Å². The Kier molecular flexibility index (Phi) is 2.91. The monoisotopic (exact) mass is 310 g/mol. The summed E-state index contributed by atoms with van der Waals surface area (Å²) in [4.78, 5) is 0. The Balaban J connectivity index is 2.12. The number of rotatable bonds is 1. The molecular formula is C12H12BrFN4. The predicted octanol–water partition coefficient (Wildman–Crippen LogP) is 2.51. The molecule has 0 fully saturated rings. The van der Waals surface area contributed by atoms with Crippen molar-refractivity contribution in [2.75, 3.05) is 6.54 Å². The molecule has 2 heterocycles. The first-order valence-electron chi connectivity index (χ1n) is 5.78. The third-order valence-electron chi connectivity index (χ3n) is 3.12. The Morgan fingerprint density at radius 2 is 2.28 bits per heavy atom. The third-order valence-corrected chi connectivity index (χ3v) is 3.62. The van der Waals surface area contributed by atoms with Crippen molar-refractivity contribution in [2.24, 2.45) is 0 Å². The van der Waals surface area contributed by atoms with Gasteiger partial charge < -0.3 is 9.88 Å². The lowest BCUT2D eigenvalue weighted by Gasteiger charge is -2.22. The SMILES string of the molecule is CC1NCCn2c(-c3ccc(Br)cc3F)nnc21. The number of aromatic nitrogens is 3. The number of hydrogen-bond donors (Lipinski definition) is 1. The molecule has 0 spiro atoms. The normalized spacial score (nSPS) is 18.7. The van der Waals surface area contributed by atoms with Crippen LogP contribution in [0.3, 0.4) is 0 Å². The highest BCUT2D eigenvalue weighted by atomic mass is 79.9. The van der Waals surface area contributed by atoms with E-state index in [1.807, 2.05) is 17.6 Å². The fourth-order valence-corrected chi connectivity index (χ4v) is 2.54. The van der Waals surface area contributed by atoms with Crippen LogP contribution in [-0.4, -0.2) is 21.3 Å². The zero-order chi connectivity index (χ0) is 12.7. The van der Waals surface area contributed by atoms with Crippen LogP contribution in [0, 0.1) is 5.82 Å². The Morgan fingerprint density at radius 1 is 1.44 bits per heavy atom. The van der Waals surface area contributed by atoms with Gasteiger partial charge in [0.05, 0.1) is 11.6 Å². The highest BCUT2D eigenvalue weighted by Crippen LogP contribution is 2.27. The summed E-state index contributed by atoms with van der Waals surface area (Å²) in [6, 6.07) is 5.13. The summed E-state index contributed by atoms with van der Waals surface area (Å²) in [6.45, 7) is 3.64. The second kappa shape index (κ2) is 4.44. The van der Waals surface area contributed by atoms with Crippen molar-refractivity contribution in [1.82, 2.24) is 20.1 Å². The first-order valence-corrected chi connectivity index (χ1v) is 6.58. The van der Waals surface area contributed by atoms with E-state index in [0.717, 1.165) is 23.4 Å². The molecule has 0 radical (unpaired) electrons. The van der Waals surface area contributed by atoms with E-state index in [-0.39, 0.29) is 11.9 Å². The quantitative estimate of drug-likeness (QED) is 0.880. The first-order chi connectivity index (χ1) is 8.66. The Hall–Kier alpha value is -1.27. The van der Waals surface area contributed by atoms with E-state index in [9.17, 15) is 4.39 Å². The molecule has 1 aromatic heterocycles. The molecule has 0 aliphatic carbocycles. The van der Waals surface area contributed by atoms with Crippen molar-refractivity contribution < 1.29 is 4.39 Å². The molecule has 3 rings (SSSR count). The van der Waals surface area contributed by atoms with Crippen LogP contribution in [0.5, 0.6) is 0 Å². The highest BCUT2D eigenvalue weighted by Gasteiger charge is 2.23. The number of nitrogens with one attached hydrogen (secondary N) is 1. The van der Waals surface area contributed by atoms with Crippen molar-refractivity contribution in [2.45, 2.75) is 19.5 Å². The molecule has 94 valence electrons. The van der Waals surface area contributed by atoms with Gasteiger partial charge in [-0.1, -0.05) is 15.9 Å². The van der Waals surface area contributed by atoms with Gasteiger partial charge in [-0.05, 0) is 25.1 Å². The van der Waals surface area contributed by atoms with Crippen molar-refractivity contribution in [1.29, 1.82) is 0 Å². The predicted molar refractivity (Wildman–Crippen MR) is 69.5 cm³/mol. The first kappa shape index (κ1) is 11.8. The fourth-order valence-electron chi connectivity index (χ4n) is 2.21. The van der Waals surface area contributed by atoms with E-state index < -0.39 is 0 Å². The van der Waals surface area contributed by atoms with Gasteiger partial charge in [-0.2, -0.15) is 0 Å². The Bertz CT molecular complexity index is 596. The van der Waals surface area contributed by atoms with Crippen LogP contribution < -0.4 is 5.32 Å². The van der Waals surface area contributed by atoms with Crippen molar-refractivity contribution in [3.8, 4) is 11.4 Å². The summed E-state index contributed by atoms with van der Waals surface area (Å²) in [5, 5.41) is 11.6. The van der Waals surface area contributed by atoms with Crippen molar-refractivity contribution in [3.63, 3.8) is 0 Å². The second-order valence-corrected chi connectivity index (χ2v) is 5.25. The zero-order valence-corrected chi connectivity index (χ0v) is 11.4. The molecule has 0 saturated heterocycles. The summed E-state index contributed by atoms with van der Waals surface area (Å²) in [5.74, 6) is 1.17. The lowest BCUT2D eigenvalue weighted by Crippen LogP contribution is -2.32. The molecule has 18 heavy (non-hydrogen) atoms. The summed E-state index contributed by atoms with van der Waals surface area (Å²) in [6.07, 6.45) is 0. The minimum atomic E-state index is -0.286. The minimum Gasteiger partial charge on any atom is -0.308 e. The Labute approximate surface area is 112 Å². The molecule has 1 aromatic carbocycles. The van der Waals surface area contributed by atoms with E-state index in [1.165, 1.54) is 6.07 Å². The summed E-state index contributed by atoms with van der Waals surface area (Å²) < 4.78 is 16.7. The van der Waals surface area contributed by atoms with Crippen molar-refractivity contribution in [3.05, 3.63) is 34.3 Å². The average molecular weight is 311 g/mol. The van der Waals surface area contributed by atoms with Crippen LogP contribution in [0.25, 0.3) is 11.4 Å². The molecule has 1 unspecified atom stereocenters. The molecule has 0 amide bonds. The summed E-state index contributed by atoms with van der Waals surface area (Å²) >= 11 is 3.25. The molecule has 2 aromatic rings. The summed E-state index contributed by atoms with van der Waals surface area (Å²) in [5.41, 5.74) is 0.492. The van der Waals surface area contributed by atoms with Gasteiger partial charge in [0.1, 0.15) is 11.6 Å². The molecule has 0 bridgehead atoms. The third kappa shape index (κ3) is 1.85. The van der Waals surface area contributed by atoms with Crippen LogP contribution in [0.2, 0.25) is 0 Å². The minimum absolute atomic E-state index is 0.151. The van der Waals surface area contributed by atoms with E-state index in [4.69, 9.17) is 0 Å². The topological polar surface area (TPSA) is 42.7 Å². The fraction of sp³-hybridized carbons (Fsp3) is 0.333. The molecule has 1 aliphatic heterocycles. The van der Waals surface area contributed by atoms with Gasteiger partial charge in [-0.25, -0.2) is 4.39 Å². The number of halogens is 2. The largest absolute Gasteiger partial charge is 0.308 e. The maximum Gasteiger partial charge on any atom is 0.167 e. The van der Waals surface area contributed by atoms with Gasteiger partial charge in [-0.3, -0.25) is 0 Å². The highest BCUT2D eigenvalue weighted by molar-refractivity contribution is 9.10. The number of hydrogen-bond acceptors (Lipinski definition) is 3. The molecule has 1 N–H and O–H groups in total. The lowest BCUT2D eigenvalue weighted by molar-refractivity contribution is 0.438. The van der Waals surface area contributed by atoms with E-state index >= 15 is 0 Å². The molecular weight excluding hydrogens is 299 g/mol. The average Bonchev–Trinajstić information content (AvgIpc) is 2.74. The second-order valence-electron chi connectivity index (χ2n) is 4.33. The van der Waals surface area contributed by atoms with Crippen LogP contribution in [-0.2, 0) is 6.54 Å². The standard InChI is InChI=1S/C12H12BrFN4/c1-7-11-16-17-12(18(11)5-4-15-7)9-3-2-8(13)6-10(9)14/h2-3,6-7,15H,4-5H2,1H3. The van der Waals surface area contributed by atoms with Crippen LogP contribution in [0.4, 0.5) is 4.39 Å². The number of benzene rings is 1. The molecule has 4 nitrogen and oxygen atoms in total. The Morgan fingerprint density at radius 3 is 3.06 bits per heavy atom. The smallest absolute Gasteiger partial charge is 0.167 e. The molecule has 6 heteroatoms. The number of nitrogens with zero attached hydrogens (tertiary/aromatic N) is 3. The molecule has 0 saturated carbocycles. The maximum absolute atomic E-state index is 14.0. The van der Waals surface area contributed by atoms with Gasteiger partial charge >= 0.3 is 0 Å². The van der Waals surface area contributed by atoms with Gasteiger partial charge in [-0.15, -0.1) is 10.2 Å². The zero-order valence-electron chi connectivity index (χ0n) is 9.82. The molecule has 1 atom stereocenters. The van der Waals surface area contributed by atoms with Crippen LogP contribution >= 0.6 is 15.9 Å². The van der Waals surface area contributed by atoms with E-state index in [2.05, 4.69) is 31.4 Å². The van der Waals surface area contributed by atoms with E-state index in [0.29, 0.717) is 11.4 Å². The summed E-state index contributed by atoms with van der Waals surface area (Å²) in [7, 11) is 0. The van der Waals surface area contributed by atoms with Gasteiger partial charge in [0.15, 0.2) is 5.82 Å². The molecule has 1 aliphatic rings. The van der Waals surface area contributed by atoms with E-state index in [1.54, 1.807) is 6.07 Å². The maximum atomic E-state index is 14.0. The van der Waals surface area contributed by atoms with Crippen molar-refractivity contribution >= 4 is 15.9 Å². The van der Waals surface area contributed by atoms with Gasteiger partial charge in [0.25, 0.3) is 0 Å². The lowest BCUT2D eigenvalue weighted by atomic mass is 10.2. The van der Waals surface area contributed by atoms with Crippen LogP contribution in [0.15, 0.2) is 22.7 Å². The number of fused-ring (bicyclic) bond motifs is 1.